The second kappa shape index (κ2) is 5.96. The van der Waals surface area contributed by atoms with E-state index < -0.39 is 0 Å². The standard InChI is InChI=1S/C14H19N3O/c1-11(16)14-10-17(6-7-18-14)9-13-4-2-12(8-15)3-5-13/h2-5,11,14H,6-7,9-10,16H2,1H3. The zero-order chi connectivity index (χ0) is 13.0. The molecule has 0 aromatic heterocycles. The van der Waals surface area contributed by atoms with Gasteiger partial charge in [0.2, 0.25) is 0 Å². The zero-order valence-electron chi connectivity index (χ0n) is 10.7. The van der Waals surface area contributed by atoms with Gasteiger partial charge in [-0.15, -0.1) is 0 Å². The Morgan fingerprint density at radius 3 is 2.83 bits per heavy atom. The van der Waals surface area contributed by atoms with Crippen LogP contribution in [0.15, 0.2) is 24.3 Å². The van der Waals surface area contributed by atoms with E-state index in [0.29, 0.717) is 5.56 Å². The predicted octanol–water partition coefficient (Wildman–Crippen LogP) is 1.11. The highest BCUT2D eigenvalue weighted by Gasteiger charge is 2.23. The highest BCUT2D eigenvalue weighted by atomic mass is 16.5. The van der Waals surface area contributed by atoms with E-state index in [-0.39, 0.29) is 12.1 Å². The second-order valence-corrected chi connectivity index (χ2v) is 4.81. The number of rotatable bonds is 3. The molecule has 2 rings (SSSR count). The van der Waals surface area contributed by atoms with E-state index in [1.54, 1.807) is 0 Å². The van der Waals surface area contributed by atoms with Crippen LogP contribution in [0.3, 0.4) is 0 Å². The summed E-state index contributed by atoms with van der Waals surface area (Å²) in [6, 6.07) is 9.93. The minimum Gasteiger partial charge on any atom is -0.374 e. The Morgan fingerprint density at radius 1 is 1.50 bits per heavy atom. The van der Waals surface area contributed by atoms with Gasteiger partial charge in [0, 0.05) is 25.7 Å². The highest BCUT2D eigenvalue weighted by Crippen LogP contribution is 2.12. The Kier molecular flexibility index (Phi) is 4.32. The van der Waals surface area contributed by atoms with E-state index in [1.165, 1.54) is 5.56 Å². The third-order valence-corrected chi connectivity index (χ3v) is 3.25. The maximum absolute atomic E-state index is 8.75. The summed E-state index contributed by atoms with van der Waals surface area (Å²) < 4.78 is 5.63. The van der Waals surface area contributed by atoms with Crippen molar-refractivity contribution in [3.05, 3.63) is 35.4 Å². The fraction of sp³-hybridized carbons (Fsp3) is 0.500. The van der Waals surface area contributed by atoms with E-state index in [4.69, 9.17) is 15.7 Å². The lowest BCUT2D eigenvalue weighted by Gasteiger charge is -2.34. The molecule has 1 aliphatic heterocycles. The SMILES string of the molecule is CC(N)C1CN(Cc2ccc(C#N)cc2)CCO1. The summed E-state index contributed by atoms with van der Waals surface area (Å²) in [5.41, 5.74) is 7.80. The van der Waals surface area contributed by atoms with Gasteiger partial charge in [-0.25, -0.2) is 0 Å². The highest BCUT2D eigenvalue weighted by molar-refractivity contribution is 5.31. The molecule has 1 fully saturated rings. The summed E-state index contributed by atoms with van der Waals surface area (Å²) in [5, 5.41) is 8.75. The van der Waals surface area contributed by atoms with Gasteiger partial charge in [0.05, 0.1) is 24.3 Å². The van der Waals surface area contributed by atoms with Crippen LogP contribution in [0.1, 0.15) is 18.1 Å². The summed E-state index contributed by atoms with van der Waals surface area (Å²) in [6.07, 6.45) is 0.122. The molecule has 0 aliphatic carbocycles. The Morgan fingerprint density at radius 2 is 2.22 bits per heavy atom. The topological polar surface area (TPSA) is 62.3 Å². The van der Waals surface area contributed by atoms with Crippen LogP contribution in [0.5, 0.6) is 0 Å². The number of hydrogen-bond donors (Lipinski definition) is 1. The fourth-order valence-corrected chi connectivity index (χ4v) is 2.14. The predicted molar refractivity (Wildman–Crippen MR) is 69.8 cm³/mol. The van der Waals surface area contributed by atoms with Crippen molar-refractivity contribution in [1.82, 2.24) is 4.90 Å². The molecule has 0 saturated carbocycles. The molecule has 1 aromatic rings. The first-order chi connectivity index (χ1) is 8.69. The molecule has 2 atom stereocenters. The average molecular weight is 245 g/mol. The van der Waals surface area contributed by atoms with Gasteiger partial charge in [-0.2, -0.15) is 5.26 Å². The number of benzene rings is 1. The average Bonchev–Trinajstić information content (AvgIpc) is 2.40. The van der Waals surface area contributed by atoms with Crippen LogP contribution in [-0.4, -0.2) is 36.7 Å². The maximum Gasteiger partial charge on any atom is 0.0991 e. The van der Waals surface area contributed by atoms with Crippen LogP contribution in [0, 0.1) is 11.3 Å². The second-order valence-electron chi connectivity index (χ2n) is 4.81. The lowest BCUT2D eigenvalue weighted by molar-refractivity contribution is -0.0403. The van der Waals surface area contributed by atoms with Gasteiger partial charge >= 0.3 is 0 Å². The number of nitrogens with two attached hydrogens (primary N) is 1. The van der Waals surface area contributed by atoms with Crippen LogP contribution in [0.4, 0.5) is 0 Å². The summed E-state index contributed by atoms with van der Waals surface area (Å²) >= 11 is 0. The van der Waals surface area contributed by atoms with Crippen molar-refractivity contribution >= 4 is 0 Å². The Bertz CT molecular complexity index is 422. The molecule has 0 spiro atoms. The molecule has 0 bridgehead atoms. The van der Waals surface area contributed by atoms with Crippen molar-refractivity contribution in [1.29, 1.82) is 5.26 Å². The molecule has 1 aliphatic rings. The smallest absolute Gasteiger partial charge is 0.0991 e. The molecule has 2 N–H and O–H groups in total. The molecular formula is C14H19N3O. The number of nitrogens with zero attached hydrogens (tertiary/aromatic N) is 2. The summed E-state index contributed by atoms with van der Waals surface area (Å²) in [7, 11) is 0. The number of ether oxygens (including phenoxy) is 1. The van der Waals surface area contributed by atoms with Gasteiger partial charge in [0.25, 0.3) is 0 Å². The van der Waals surface area contributed by atoms with Crippen LogP contribution < -0.4 is 5.73 Å². The maximum atomic E-state index is 8.75. The Labute approximate surface area is 108 Å². The first kappa shape index (κ1) is 13.0. The molecule has 96 valence electrons. The molecule has 0 amide bonds. The van der Waals surface area contributed by atoms with E-state index >= 15 is 0 Å². The summed E-state index contributed by atoms with van der Waals surface area (Å²) in [4.78, 5) is 2.35. The first-order valence-electron chi connectivity index (χ1n) is 6.27. The lowest BCUT2D eigenvalue weighted by Crippen LogP contribution is -2.49. The van der Waals surface area contributed by atoms with Gasteiger partial charge in [0.1, 0.15) is 0 Å². The normalized spacial score (nSPS) is 22.4. The molecule has 1 heterocycles. The quantitative estimate of drug-likeness (QED) is 0.866. The minimum absolute atomic E-state index is 0.0637. The summed E-state index contributed by atoms with van der Waals surface area (Å²) in [5.74, 6) is 0. The van der Waals surface area contributed by atoms with Crippen LogP contribution in [0.25, 0.3) is 0 Å². The van der Waals surface area contributed by atoms with Gasteiger partial charge in [0.15, 0.2) is 0 Å². The van der Waals surface area contributed by atoms with E-state index in [9.17, 15) is 0 Å². The van der Waals surface area contributed by atoms with Crippen LogP contribution in [-0.2, 0) is 11.3 Å². The molecule has 18 heavy (non-hydrogen) atoms. The van der Waals surface area contributed by atoms with Crippen molar-refractivity contribution in [2.45, 2.75) is 25.6 Å². The molecular weight excluding hydrogens is 226 g/mol. The monoisotopic (exact) mass is 245 g/mol. The third kappa shape index (κ3) is 3.30. The van der Waals surface area contributed by atoms with E-state index in [2.05, 4.69) is 11.0 Å². The van der Waals surface area contributed by atoms with Crippen molar-refractivity contribution in [3.8, 4) is 6.07 Å². The Hall–Kier alpha value is -1.41. The van der Waals surface area contributed by atoms with E-state index in [0.717, 1.165) is 26.2 Å². The van der Waals surface area contributed by atoms with Gasteiger partial charge in [-0.1, -0.05) is 12.1 Å². The van der Waals surface area contributed by atoms with Gasteiger partial charge in [-0.05, 0) is 24.6 Å². The first-order valence-corrected chi connectivity index (χ1v) is 6.27. The Balaban J connectivity index is 1.94. The fourth-order valence-electron chi connectivity index (χ4n) is 2.14. The van der Waals surface area contributed by atoms with Crippen molar-refractivity contribution < 1.29 is 4.74 Å². The molecule has 0 radical (unpaired) electrons. The minimum atomic E-state index is 0.0637. The van der Waals surface area contributed by atoms with Crippen molar-refractivity contribution in [3.63, 3.8) is 0 Å². The zero-order valence-corrected chi connectivity index (χ0v) is 10.7. The summed E-state index contributed by atoms with van der Waals surface area (Å²) in [6.45, 7) is 5.41. The largest absolute Gasteiger partial charge is 0.374 e. The molecule has 1 aromatic carbocycles. The third-order valence-electron chi connectivity index (χ3n) is 3.25. The van der Waals surface area contributed by atoms with Crippen molar-refractivity contribution in [2.24, 2.45) is 5.73 Å². The molecule has 4 heteroatoms. The lowest BCUT2D eigenvalue weighted by atomic mass is 10.1. The number of nitriles is 1. The van der Waals surface area contributed by atoms with Gasteiger partial charge in [-0.3, -0.25) is 4.90 Å². The molecule has 4 nitrogen and oxygen atoms in total. The number of morpholine rings is 1. The van der Waals surface area contributed by atoms with Crippen LogP contribution in [0.2, 0.25) is 0 Å². The van der Waals surface area contributed by atoms with Gasteiger partial charge < -0.3 is 10.5 Å². The molecule has 2 unspecified atom stereocenters. The van der Waals surface area contributed by atoms with Crippen molar-refractivity contribution in [2.75, 3.05) is 19.7 Å². The van der Waals surface area contributed by atoms with Crippen LogP contribution >= 0.6 is 0 Å². The molecule has 1 saturated heterocycles. The van der Waals surface area contributed by atoms with E-state index in [1.807, 2.05) is 31.2 Å². The number of hydrogen-bond acceptors (Lipinski definition) is 4.